The van der Waals surface area contributed by atoms with Crippen molar-refractivity contribution in [1.29, 1.82) is 0 Å². The molecule has 0 heterocycles. The number of methoxy groups -OCH3 is 1. The Bertz CT molecular complexity index is 438. The third kappa shape index (κ3) is 2.48. The van der Waals surface area contributed by atoms with Crippen LogP contribution in [-0.4, -0.2) is 19.0 Å². The standard InChI is InChI=1S/C12H13NO3/c1-4-9-10(12(15)16-3)6-5-7-11(9)13-8(2)14/h4-7H,1H2,2-3H3,(H,13,14). The quantitative estimate of drug-likeness (QED) is 0.792. The van der Waals surface area contributed by atoms with Gasteiger partial charge in [0.25, 0.3) is 0 Å². The Morgan fingerprint density at radius 2 is 2.12 bits per heavy atom. The first-order valence-electron chi connectivity index (χ1n) is 4.71. The molecule has 4 heteroatoms. The smallest absolute Gasteiger partial charge is 0.338 e. The first-order chi connectivity index (χ1) is 7.60. The molecule has 1 N–H and O–H groups in total. The van der Waals surface area contributed by atoms with E-state index in [-0.39, 0.29) is 5.91 Å². The second kappa shape index (κ2) is 5.11. The van der Waals surface area contributed by atoms with Gasteiger partial charge in [-0.1, -0.05) is 18.7 Å². The number of anilines is 1. The molecule has 16 heavy (non-hydrogen) atoms. The van der Waals surface area contributed by atoms with Crippen molar-refractivity contribution in [2.75, 3.05) is 12.4 Å². The summed E-state index contributed by atoms with van der Waals surface area (Å²) >= 11 is 0. The molecule has 0 saturated heterocycles. The number of benzene rings is 1. The molecule has 1 rings (SSSR count). The van der Waals surface area contributed by atoms with E-state index in [1.807, 2.05) is 0 Å². The highest BCUT2D eigenvalue weighted by molar-refractivity contribution is 5.99. The van der Waals surface area contributed by atoms with E-state index in [1.165, 1.54) is 20.1 Å². The molecule has 0 aliphatic rings. The van der Waals surface area contributed by atoms with E-state index in [0.717, 1.165) is 0 Å². The van der Waals surface area contributed by atoms with Crippen molar-refractivity contribution >= 4 is 23.6 Å². The predicted octanol–water partition coefficient (Wildman–Crippen LogP) is 2.07. The summed E-state index contributed by atoms with van der Waals surface area (Å²) in [7, 11) is 1.31. The van der Waals surface area contributed by atoms with E-state index in [2.05, 4.69) is 16.6 Å². The van der Waals surface area contributed by atoms with Crippen molar-refractivity contribution in [3.8, 4) is 0 Å². The van der Waals surface area contributed by atoms with E-state index >= 15 is 0 Å². The van der Waals surface area contributed by atoms with Crippen LogP contribution in [0.4, 0.5) is 5.69 Å². The highest BCUT2D eigenvalue weighted by Gasteiger charge is 2.13. The number of nitrogens with one attached hydrogen (secondary N) is 1. The van der Waals surface area contributed by atoms with E-state index < -0.39 is 5.97 Å². The molecule has 84 valence electrons. The third-order valence-corrected chi connectivity index (χ3v) is 2.03. The van der Waals surface area contributed by atoms with Crippen molar-refractivity contribution in [3.05, 3.63) is 35.9 Å². The van der Waals surface area contributed by atoms with E-state index in [1.54, 1.807) is 18.2 Å². The number of ether oxygens (including phenoxy) is 1. The van der Waals surface area contributed by atoms with Gasteiger partial charge in [0.05, 0.1) is 12.7 Å². The summed E-state index contributed by atoms with van der Waals surface area (Å²) in [6.45, 7) is 5.02. The second-order valence-corrected chi connectivity index (χ2v) is 3.14. The molecule has 0 saturated carbocycles. The molecule has 4 nitrogen and oxygen atoms in total. The first-order valence-corrected chi connectivity index (χ1v) is 4.71. The lowest BCUT2D eigenvalue weighted by atomic mass is 10.1. The molecule has 0 radical (unpaired) electrons. The predicted molar refractivity (Wildman–Crippen MR) is 62.2 cm³/mol. The fourth-order valence-corrected chi connectivity index (χ4v) is 1.37. The molecule has 0 spiro atoms. The van der Waals surface area contributed by atoms with Crippen LogP contribution in [0.15, 0.2) is 24.8 Å². The number of carbonyl (C=O) groups is 2. The Morgan fingerprint density at radius 1 is 1.44 bits per heavy atom. The van der Waals surface area contributed by atoms with Gasteiger partial charge in [0.15, 0.2) is 0 Å². The van der Waals surface area contributed by atoms with Gasteiger partial charge in [0.2, 0.25) is 5.91 Å². The highest BCUT2D eigenvalue weighted by atomic mass is 16.5. The number of amides is 1. The summed E-state index contributed by atoms with van der Waals surface area (Å²) < 4.78 is 4.64. The SMILES string of the molecule is C=Cc1c(NC(C)=O)cccc1C(=O)OC. The zero-order valence-electron chi connectivity index (χ0n) is 9.24. The van der Waals surface area contributed by atoms with Gasteiger partial charge in [-0.2, -0.15) is 0 Å². The van der Waals surface area contributed by atoms with E-state index in [0.29, 0.717) is 16.8 Å². The largest absolute Gasteiger partial charge is 0.465 e. The van der Waals surface area contributed by atoms with Gasteiger partial charge in [-0.15, -0.1) is 0 Å². The van der Waals surface area contributed by atoms with Crippen molar-refractivity contribution in [1.82, 2.24) is 0 Å². The zero-order chi connectivity index (χ0) is 12.1. The van der Waals surface area contributed by atoms with Gasteiger partial charge in [0.1, 0.15) is 0 Å². The maximum Gasteiger partial charge on any atom is 0.338 e. The minimum Gasteiger partial charge on any atom is -0.465 e. The van der Waals surface area contributed by atoms with Gasteiger partial charge in [-0.25, -0.2) is 4.79 Å². The van der Waals surface area contributed by atoms with Crippen molar-refractivity contribution < 1.29 is 14.3 Å². The van der Waals surface area contributed by atoms with Crippen LogP contribution in [0, 0.1) is 0 Å². The summed E-state index contributed by atoms with van der Waals surface area (Å²) in [5, 5.41) is 2.63. The Hall–Kier alpha value is -2.10. The number of carbonyl (C=O) groups excluding carboxylic acids is 2. The monoisotopic (exact) mass is 219 g/mol. The lowest BCUT2D eigenvalue weighted by Crippen LogP contribution is -2.10. The molecule has 0 aromatic heterocycles. The van der Waals surface area contributed by atoms with Gasteiger partial charge in [-0.3, -0.25) is 4.79 Å². The van der Waals surface area contributed by atoms with Crippen molar-refractivity contribution in [2.45, 2.75) is 6.92 Å². The van der Waals surface area contributed by atoms with Crippen molar-refractivity contribution in [3.63, 3.8) is 0 Å². The van der Waals surface area contributed by atoms with Crippen LogP contribution in [0.25, 0.3) is 6.08 Å². The van der Waals surface area contributed by atoms with Crippen LogP contribution in [0.3, 0.4) is 0 Å². The van der Waals surface area contributed by atoms with Crippen LogP contribution in [-0.2, 0) is 9.53 Å². The number of esters is 1. The molecule has 1 aromatic rings. The Kier molecular flexibility index (Phi) is 3.83. The molecule has 0 bridgehead atoms. The second-order valence-electron chi connectivity index (χ2n) is 3.14. The molecule has 0 atom stereocenters. The molecule has 0 unspecified atom stereocenters. The van der Waals surface area contributed by atoms with Crippen LogP contribution in [0.1, 0.15) is 22.8 Å². The third-order valence-electron chi connectivity index (χ3n) is 2.03. The van der Waals surface area contributed by atoms with Gasteiger partial charge in [0, 0.05) is 18.2 Å². The fraction of sp³-hybridized carbons (Fsp3) is 0.167. The summed E-state index contributed by atoms with van der Waals surface area (Å²) in [4.78, 5) is 22.4. The normalized spacial score (nSPS) is 9.38. The summed E-state index contributed by atoms with van der Waals surface area (Å²) in [6, 6.07) is 4.99. The summed E-state index contributed by atoms with van der Waals surface area (Å²) in [6.07, 6.45) is 1.51. The highest BCUT2D eigenvalue weighted by Crippen LogP contribution is 2.22. The average Bonchev–Trinajstić information content (AvgIpc) is 2.27. The fourth-order valence-electron chi connectivity index (χ4n) is 1.37. The van der Waals surface area contributed by atoms with Crippen molar-refractivity contribution in [2.24, 2.45) is 0 Å². The lowest BCUT2D eigenvalue weighted by Gasteiger charge is -2.10. The van der Waals surface area contributed by atoms with Crippen LogP contribution < -0.4 is 5.32 Å². The van der Waals surface area contributed by atoms with Gasteiger partial charge >= 0.3 is 5.97 Å². The summed E-state index contributed by atoms with van der Waals surface area (Å²) in [5.41, 5.74) is 1.48. The van der Waals surface area contributed by atoms with Crippen LogP contribution in [0.2, 0.25) is 0 Å². The molecular formula is C12H13NO3. The Labute approximate surface area is 93.9 Å². The lowest BCUT2D eigenvalue weighted by molar-refractivity contribution is -0.114. The Balaban J connectivity index is 3.25. The molecule has 0 fully saturated rings. The average molecular weight is 219 g/mol. The molecule has 0 aliphatic heterocycles. The number of hydrogen-bond donors (Lipinski definition) is 1. The minimum atomic E-state index is -0.456. The molecule has 1 amide bonds. The minimum absolute atomic E-state index is 0.204. The van der Waals surface area contributed by atoms with E-state index in [9.17, 15) is 9.59 Å². The van der Waals surface area contributed by atoms with E-state index in [4.69, 9.17) is 0 Å². The first kappa shape index (κ1) is 12.0. The topological polar surface area (TPSA) is 55.4 Å². The number of rotatable bonds is 3. The molecular weight excluding hydrogens is 206 g/mol. The zero-order valence-corrected chi connectivity index (χ0v) is 9.24. The summed E-state index contributed by atoms with van der Waals surface area (Å²) in [5.74, 6) is -0.660. The molecule has 0 aliphatic carbocycles. The van der Waals surface area contributed by atoms with Crippen LogP contribution >= 0.6 is 0 Å². The maximum absolute atomic E-state index is 11.4. The van der Waals surface area contributed by atoms with Gasteiger partial charge < -0.3 is 10.1 Å². The number of hydrogen-bond acceptors (Lipinski definition) is 3. The Morgan fingerprint density at radius 3 is 2.62 bits per heavy atom. The van der Waals surface area contributed by atoms with Crippen LogP contribution in [0.5, 0.6) is 0 Å². The maximum atomic E-state index is 11.4. The molecule has 1 aromatic carbocycles. The van der Waals surface area contributed by atoms with Gasteiger partial charge in [-0.05, 0) is 12.1 Å².